The third-order valence-corrected chi connectivity index (χ3v) is 3.79. The standard InChI is InChI=1S/C15H22N2O2/c1-10(2)11-4-6-12(7-5-11)15(19)17(3)13-8-16-9-14(13)18/h4-7,10,13-14,16,18H,8-9H2,1-3H3/t13-,14-/m0/s1. The molecule has 0 radical (unpaired) electrons. The van der Waals surface area contributed by atoms with Gasteiger partial charge in [0, 0.05) is 25.7 Å². The smallest absolute Gasteiger partial charge is 0.253 e. The second-order valence-electron chi connectivity index (χ2n) is 5.49. The summed E-state index contributed by atoms with van der Waals surface area (Å²) >= 11 is 0. The van der Waals surface area contributed by atoms with Gasteiger partial charge in [-0.25, -0.2) is 0 Å². The van der Waals surface area contributed by atoms with Crippen molar-refractivity contribution in [2.75, 3.05) is 20.1 Å². The zero-order valence-corrected chi connectivity index (χ0v) is 11.8. The number of benzene rings is 1. The zero-order valence-electron chi connectivity index (χ0n) is 11.8. The number of nitrogens with one attached hydrogen (secondary N) is 1. The van der Waals surface area contributed by atoms with E-state index in [1.165, 1.54) is 5.56 Å². The molecule has 0 unspecified atom stereocenters. The molecule has 104 valence electrons. The lowest BCUT2D eigenvalue weighted by Gasteiger charge is -2.26. The van der Waals surface area contributed by atoms with Crippen molar-refractivity contribution in [3.05, 3.63) is 35.4 Å². The van der Waals surface area contributed by atoms with Gasteiger partial charge in [0.25, 0.3) is 5.91 Å². The molecule has 1 amide bonds. The number of nitrogens with zero attached hydrogens (tertiary/aromatic N) is 1. The summed E-state index contributed by atoms with van der Waals surface area (Å²) in [4.78, 5) is 14.0. The van der Waals surface area contributed by atoms with E-state index in [1.54, 1.807) is 11.9 Å². The fourth-order valence-electron chi connectivity index (χ4n) is 2.41. The highest BCUT2D eigenvalue weighted by atomic mass is 16.3. The van der Waals surface area contributed by atoms with Gasteiger partial charge in [-0.1, -0.05) is 26.0 Å². The van der Waals surface area contributed by atoms with E-state index >= 15 is 0 Å². The molecule has 4 nitrogen and oxygen atoms in total. The molecule has 19 heavy (non-hydrogen) atoms. The second kappa shape index (κ2) is 5.72. The third kappa shape index (κ3) is 2.96. The van der Waals surface area contributed by atoms with Crippen molar-refractivity contribution in [2.24, 2.45) is 0 Å². The molecule has 1 saturated heterocycles. The number of amides is 1. The van der Waals surface area contributed by atoms with Crippen LogP contribution in [0.15, 0.2) is 24.3 Å². The van der Waals surface area contributed by atoms with Crippen molar-refractivity contribution in [3.8, 4) is 0 Å². The number of hydrogen-bond donors (Lipinski definition) is 2. The molecule has 1 fully saturated rings. The van der Waals surface area contributed by atoms with Crippen molar-refractivity contribution in [1.29, 1.82) is 0 Å². The van der Waals surface area contributed by atoms with Crippen molar-refractivity contribution in [2.45, 2.75) is 31.9 Å². The maximum absolute atomic E-state index is 12.3. The number of carbonyl (C=O) groups excluding carboxylic acids is 1. The van der Waals surface area contributed by atoms with Crippen LogP contribution in [-0.2, 0) is 0 Å². The van der Waals surface area contributed by atoms with Crippen molar-refractivity contribution < 1.29 is 9.90 Å². The Labute approximate surface area is 114 Å². The first kappa shape index (κ1) is 14.0. The molecule has 1 aliphatic heterocycles. The molecule has 1 aliphatic rings. The number of β-amino-alcohol motifs (C(OH)–C–C–N with tert-alkyl or cyclic N) is 1. The lowest BCUT2D eigenvalue weighted by atomic mass is 10.0. The Kier molecular flexibility index (Phi) is 4.22. The molecular formula is C15H22N2O2. The highest BCUT2D eigenvalue weighted by Gasteiger charge is 2.31. The summed E-state index contributed by atoms with van der Waals surface area (Å²) in [5.74, 6) is 0.422. The summed E-state index contributed by atoms with van der Waals surface area (Å²) in [5.41, 5.74) is 1.90. The number of aliphatic hydroxyl groups excluding tert-OH is 1. The van der Waals surface area contributed by atoms with Gasteiger partial charge >= 0.3 is 0 Å². The van der Waals surface area contributed by atoms with E-state index in [1.807, 2.05) is 24.3 Å². The molecule has 0 saturated carbocycles. The Morgan fingerprint density at radius 1 is 1.32 bits per heavy atom. The Morgan fingerprint density at radius 2 is 1.95 bits per heavy atom. The van der Waals surface area contributed by atoms with Gasteiger partial charge in [0.2, 0.25) is 0 Å². The molecular weight excluding hydrogens is 240 g/mol. The van der Waals surface area contributed by atoms with Crippen molar-refractivity contribution in [3.63, 3.8) is 0 Å². The van der Waals surface area contributed by atoms with Gasteiger partial charge in [0.15, 0.2) is 0 Å². The SMILES string of the molecule is CC(C)c1ccc(C(=O)N(C)[C@H]2CNC[C@@H]2O)cc1. The number of hydrogen-bond acceptors (Lipinski definition) is 3. The summed E-state index contributed by atoms with van der Waals surface area (Å²) in [6.45, 7) is 5.45. The van der Waals surface area contributed by atoms with Gasteiger partial charge in [-0.2, -0.15) is 0 Å². The first-order valence-corrected chi connectivity index (χ1v) is 6.76. The number of rotatable bonds is 3. The predicted molar refractivity (Wildman–Crippen MR) is 75.3 cm³/mol. The first-order chi connectivity index (χ1) is 9.00. The van der Waals surface area contributed by atoms with Crippen LogP contribution in [0.3, 0.4) is 0 Å². The highest BCUT2D eigenvalue weighted by molar-refractivity contribution is 5.94. The maximum Gasteiger partial charge on any atom is 0.253 e. The molecule has 0 bridgehead atoms. The number of likely N-dealkylation sites (N-methyl/N-ethyl adjacent to an activating group) is 1. The number of carbonyl (C=O) groups is 1. The van der Waals surface area contributed by atoms with Crippen LogP contribution >= 0.6 is 0 Å². The topological polar surface area (TPSA) is 52.6 Å². The van der Waals surface area contributed by atoms with Crippen molar-refractivity contribution >= 4 is 5.91 Å². The average Bonchev–Trinajstić information content (AvgIpc) is 2.83. The lowest BCUT2D eigenvalue weighted by Crippen LogP contribution is -2.44. The van der Waals surface area contributed by atoms with Gasteiger partial charge in [-0.05, 0) is 23.6 Å². The van der Waals surface area contributed by atoms with Crippen LogP contribution in [0.5, 0.6) is 0 Å². The molecule has 2 rings (SSSR count). The molecule has 0 spiro atoms. The quantitative estimate of drug-likeness (QED) is 0.861. The average molecular weight is 262 g/mol. The minimum absolute atomic E-state index is 0.0388. The van der Waals surface area contributed by atoms with E-state index in [0.29, 0.717) is 24.6 Å². The van der Waals surface area contributed by atoms with Crippen LogP contribution in [0, 0.1) is 0 Å². The molecule has 2 N–H and O–H groups in total. The Bertz CT molecular complexity index is 442. The predicted octanol–water partition coefficient (Wildman–Crippen LogP) is 1.21. The van der Waals surface area contributed by atoms with E-state index in [2.05, 4.69) is 19.2 Å². The van der Waals surface area contributed by atoms with E-state index in [0.717, 1.165) is 0 Å². The normalized spacial score (nSPS) is 22.8. The Balaban J connectivity index is 2.10. The summed E-state index contributed by atoms with van der Waals surface area (Å²) < 4.78 is 0. The van der Waals surface area contributed by atoms with Gasteiger partial charge in [0.05, 0.1) is 12.1 Å². The van der Waals surface area contributed by atoms with Crippen molar-refractivity contribution in [1.82, 2.24) is 10.2 Å². The summed E-state index contributed by atoms with van der Waals surface area (Å²) in [6.07, 6.45) is -0.483. The maximum atomic E-state index is 12.3. The third-order valence-electron chi connectivity index (χ3n) is 3.79. The molecule has 1 aromatic rings. The van der Waals surface area contributed by atoms with Crippen LogP contribution in [0.1, 0.15) is 35.7 Å². The van der Waals surface area contributed by atoms with E-state index < -0.39 is 6.10 Å². The molecule has 1 aromatic carbocycles. The summed E-state index contributed by atoms with van der Waals surface area (Å²) in [7, 11) is 1.75. The minimum atomic E-state index is -0.483. The number of aliphatic hydroxyl groups is 1. The Hall–Kier alpha value is -1.39. The fraction of sp³-hybridized carbons (Fsp3) is 0.533. The van der Waals surface area contributed by atoms with Crippen LogP contribution in [-0.4, -0.2) is 48.2 Å². The van der Waals surface area contributed by atoms with Gasteiger partial charge in [-0.3, -0.25) is 4.79 Å². The summed E-state index contributed by atoms with van der Waals surface area (Å²) in [5, 5.41) is 12.9. The van der Waals surface area contributed by atoms with Gasteiger partial charge in [0.1, 0.15) is 0 Å². The van der Waals surface area contributed by atoms with Crippen LogP contribution in [0.4, 0.5) is 0 Å². The summed E-state index contributed by atoms with van der Waals surface area (Å²) in [6, 6.07) is 7.58. The van der Waals surface area contributed by atoms with E-state index in [4.69, 9.17) is 0 Å². The molecule has 0 aromatic heterocycles. The van der Waals surface area contributed by atoms with Gasteiger partial charge < -0.3 is 15.3 Å². The lowest BCUT2D eigenvalue weighted by molar-refractivity contribution is 0.0581. The monoisotopic (exact) mass is 262 g/mol. The highest BCUT2D eigenvalue weighted by Crippen LogP contribution is 2.17. The van der Waals surface area contributed by atoms with E-state index in [-0.39, 0.29) is 11.9 Å². The fourth-order valence-corrected chi connectivity index (χ4v) is 2.41. The molecule has 4 heteroatoms. The van der Waals surface area contributed by atoms with E-state index in [9.17, 15) is 9.90 Å². The van der Waals surface area contributed by atoms with Crippen LogP contribution in [0.2, 0.25) is 0 Å². The van der Waals surface area contributed by atoms with Gasteiger partial charge in [-0.15, -0.1) is 0 Å². The Morgan fingerprint density at radius 3 is 2.42 bits per heavy atom. The van der Waals surface area contributed by atoms with Crippen LogP contribution < -0.4 is 5.32 Å². The largest absolute Gasteiger partial charge is 0.390 e. The van der Waals surface area contributed by atoms with Crippen LogP contribution in [0.25, 0.3) is 0 Å². The first-order valence-electron chi connectivity index (χ1n) is 6.76. The zero-order chi connectivity index (χ0) is 14.0. The second-order valence-corrected chi connectivity index (χ2v) is 5.49. The molecule has 1 heterocycles. The molecule has 2 atom stereocenters. The minimum Gasteiger partial charge on any atom is -0.390 e. The molecule has 0 aliphatic carbocycles.